The number of methoxy groups -OCH3 is 1. The summed E-state index contributed by atoms with van der Waals surface area (Å²) in [7, 11) is 1.59. The molecule has 1 unspecified atom stereocenters. The van der Waals surface area contributed by atoms with Crippen LogP contribution in [-0.4, -0.2) is 23.9 Å². The van der Waals surface area contributed by atoms with Gasteiger partial charge in [0, 0.05) is 0 Å². The Labute approximate surface area is 154 Å². The van der Waals surface area contributed by atoms with Crippen molar-refractivity contribution in [3.63, 3.8) is 0 Å². The van der Waals surface area contributed by atoms with Crippen molar-refractivity contribution >= 4 is 11.9 Å². The second-order valence-electron chi connectivity index (χ2n) is 6.74. The molecule has 26 heavy (non-hydrogen) atoms. The molecule has 3 rings (SSSR count). The van der Waals surface area contributed by atoms with E-state index in [9.17, 15) is 9.59 Å². The molecule has 1 aliphatic rings. The Morgan fingerprint density at radius 1 is 1.08 bits per heavy atom. The minimum absolute atomic E-state index is 0.214. The zero-order chi connectivity index (χ0) is 18.7. The second kappa shape index (κ2) is 7.20. The number of carbonyl (C=O) groups excluding carboxylic acids is 2. The Morgan fingerprint density at radius 3 is 2.46 bits per heavy atom. The molecule has 5 nitrogen and oxygen atoms in total. The van der Waals surface area contributed by atoms with E-state index in [2.05, 4.69) is 12.2 Å². The molecule has 0 radical (unpaired) electrons. The van der Waals surface area contributed by atoms with E-state index in [1.807, 2.05) is 48.5 Å². The molecule has 0 spiro atoms. The Morgan fingerprint density at radius 2 is 1.81 bits per heavy atom. The van der Waals surface area contributed by atoms with E-state index in [0.717, 1.165) is 24.0 Å². The third kappa shape index (κ3) is 3.29. The largest absolute Gasteiger partial charge is 0.497 e. The summed E-state index contributed by atoms with van der Waals surface area (Å²) in [5.41, 5.74) is 1.82. The van der Waals surface area contributed by atoms with Gasteiger partial charge in [-0.3, -0.25) is 9.69 Å². The molecule has 1 atom stereocenters. The number of hydrogen-bond acceptors (Lipinski definition) is 3. The van der Waals surface area contributed by atoms with Crippen molar-refractivity contribution in [1.82, 2.24) is 10.2 Å². The number of rotatable bonds is 6. The molecule has 1 fully saturated rings. The minimum Gasteiger partial charge on any atom is -0.497 e. The molecule has 1 N–H and O–H groups in total. The number of urea groups is 1. The van der Waals surface area contributed by atoms with Crippen LogP contribution in [0.4, 0.5) is 4.79 Å². The number of ether oxygens (including phenoxy) is 1. The Bertz CT molecular complexity index is 816. The summed E-state index contributed by atoms with van der Waals surface area (Å²) in [5, 5.41) is 2.85. The van der Waals surface area contributed by atoms with Gasteiger partial charge in [-0.2, -0.15) is 0 Å². The van der Waals surface area contributed by atoms with E-state index in [1.165, 1.54) is 10.5 Å². The van der Waals surface area contributed by atoms with Crippen molar-refractivity contribution < 1.29 is 14.3 Å². The standard InChI is InChI=1S/C21H24N2O3/c1-4-6-15-9-11-17(12-10-15)21(2)19(24)23(20(25)22-21)14-16-7-5-8-18(13-16)26-3/h5,7-13H,4,6,14H2,1-3H3,(H,22,25). The molecule has 5 heteroatoms. The average Bonchev–Trinajstić information content (AvgIpc) is 2.87. The van der Waals surface area contributed by atoms with Crippen LogP contribution in [0.1, 0.15) is 37.0 Å². The van der Waals surface area contributed by atoms with Crippen molar-refractivity contribution in [1.29, 1.82) is 0 Å². The van der Waals surface area contributed by atoms with Crippen molar-refractivity contribution in [2.24, 2.45) is 0 Å². The van der Waals surface area contributed by atoms with Gasteiger partial charge in [0.25, 0.3) is 5.91 Å². The van der Waals surface area contributed by atoms with Gasteiger partial charge in [0.2, 0.25) is 0 Å². The van der Waals surface area contributed by atoms with E-state index in [0.29, 0.717) is 5.75 Å². The average molecular weight is 352 g/mol. The van der Waals surface area contributed by atoms with Crippen LogP contribution in [0.5, 0.6) is 5.75 Å². The Hall–Kier alpha value is -2.82. The molecule has 3 amide bonds. The van der Waals surface area contributed by atoms with Gasteiger partial charge >= 0.3 is 6.03 Å². The first-order valence-corrected chi connectivity index (χ1v) is 8.84. The molecular formula is C21H24N2O3. The maximum atomic E-state index is 13.0. The summed E-state index contributed by atoms with van der Waals surface area (Å²) >= 11 is 0. The van der Waals surface area contributed by atoms with Crippen molar-refractivity contribution in [2.75, 3.05) is 7.11 Å². The van der Waals surface area contributed by atoms with Crippen LogP contribution in [0.25, 0.3) is 0 Å². The molecular weight excluding hydrogens is 328 g/mol. The zero-order valence-corrected chi connectivity index (χ0v) is 15.4. The first-order chi connectivity index (χ1) is 12.5. The quantitative estimate of drug-likeness (QED) is 0.808. The maximum absolute atomic E-state index is 13.0. The van der Waals surface area contributed by atoms with Crippen molar-refractivity contribution in [2.45, 2.75) is 38.8 Å². The van der Waals surface area contributed by atoms with E-state index in [1.54, 1.807) is 14.0 Å². The van der Waals surface area contributed by atoms with E-state index in [4.69, 9.17) is 4.74 Å². The van der Waals surface area contributed by atoms with Crippen LogP contribution >= 0.6 is 0 Å². The first kappa shape index (κ1) is 18.0. The van der Waals surface area contributed by atoms with Gasteiger partial charge in [-0.15, -0.1) is 0 Å². The lowest BCUT2D eigenvalue weighted by molar-refractivity contribution is -0.131. The SMILES string of the molecule is CCCc1ccc(C2(C)NC(=O)N(Cc3cccc(OC)c3)C2=O)cc1. The highest BCUT2D eigenvalue weighted by Gasteiger charge is 2.48. The van der Waals surface area contributed by atoms with Crippen LogP contribution < -0.4 is 10.1 Å². The second-order valence-corrected chi connectivity index (χ2v) is 6.74. The van der Waals surface area contributed by atoms with Gasteiger partial charge in [0.15, 0.2) is 0 Å². The Balaban J connectivity index is 1.82. The van der Waals surface area contributed by atoms with Crippen molar-refractivity contribution in [3.05, 3.63) is 65.2 Å². The molecule has 2 aromatic carbocycles. The molecule has 1 saturated heterocycles. The fourth-order valence-corrected chi connectivity index (χ4v) is 3.28. The summed E-state index contributed by atoms with van der Waals surface area (Å²) < 4.78 is 5.21. The fourth-order valence-electron chi connectivity index (χ4n) is 3.28. The number of hydrogen-bond donors (Lipinski definition) is 1. The molecule has 0 aliphatic carbocycles. The maximum Gasteiger partial charge on any atom is 0.325 e. The minimum atomic E-state index is -1.04. The van der Waals surface area contributed by atoms with Crippen molar-refractivity contribution in [3.8, 4) is 5.75 Å². The van der Waals surface area contributed by atoms with Gasteiger partial charge in [-0.1, -0.05) is 49.7 Å². The predicted octanol–water partition coefficient (Wildman–Crippen LogP) is 3.61. The molecule has 1 heterocycles. The van der Waals surface area contributed by atoms with Gasteiger partial charge < -0.3 is 10.1 Å². The van der Waals surface area contributed by atoms with Crippen LogP contribution in [0.3, 0.4) is 0 Å². The predicted molar refractivity (Wildman–Crippen MR) is 99.9 cm³/mol. The van der Waals surface area contributed by atoms with E-state index < -0.39 is 5.54 Å². The smallest absolute Gasteiger partial charge is 0.325 e. The third-order valence-electron chi connectivity index (χ3n) is 4.82. The number of aryl methyl sites for hydroxylation is 1. The number of amides is 3. The van der Waals surface area contributed by atoms with Gasteiger partial charge in [-0.25, -0.2) is 4.79 Å². The number of benzene rings is 2. The summed E-state index contributed by atoms with van der Waals surface area (Å²) in [5.74, 6) is 0.456. The summed E-state index contributed by atoms with van der Waals surface area (Å²) in [6.45, 7) is 4.10. The highest BCUT2D eigenvalue weighted by molar-refractivity contribution is 6.07. The summed E-state index contributed by atoms with van der Waals surface area (Å²) in [6, 6.07) is 14.9. The Kier molecular flexibility index (Phi) is 4.98. The number of nitrogens with one attached hydrogen (secondary N) is 1. The van der Waals surface area contributed by atoms with Crippen LogP contribution in [0.2, 0.25) is 0 Å². The van der Waals surface area contributed by atoms with Crippen LogP contribution in [0.15, 0.2) is 48.5 Å². The summed E-state index contributed by atoms with van der Waals surface area (Å²) in [4.78, 5) is 26.7. The lowest BCUT2D eigenvalue weighted by Gasteiger charge is -2.22. The highest BCUT2D eigenvalue weighted by Crippen LogP contribution is 2.30. The van der Waals surface area contributed by atoms with Crippen LogP contribution in [0, 0.1) is 0 Å². The molecule has 1 aliphatic heterocycles. The molecule has 2 aromatic rings. The van der Waals surface area contributed by atoms with E-state index >= 15 is 0 Å². The number of carbonyl (C=O) groups is 2. The monoisotopic (exact) mass is 352 g/mol. The van der Waals surface area contributed by atoms with Crippen LogP contribution in [-0.2, 0) is 23.3 Å². The van der Waals surface area contributed by atoms with Gasteiger partial charge in [0.1, 0.15) is 11.3 Å². The topological polar surface area (TPSA) is 58.6 Å². The molecule has 136 valence electrons. The van der Waals surface area contributed by atoms with Gasteiger partial charge in [-0.05, 0) is 42.2 Å². The first-order valence-electron chi connectivity index (χ1n) is 8.84. The fraction of sp³-hybridized carbons (Fsp3) is 0.333. The molecule has 0 aromatic heterocycles. The molecule has 0 bridgehead atoms. The lowest BCUT2D eigenvalue weighted by Crippen LogP contribution is -2.40. The lowest BCUT2D eigenvalue weighted by atomic mass is 9.91. The molecule has 0 saturated carbocycles. The summed E-state index contributed by atoms with van der Waals surface area (Å²) in [6.07, 6.45) is 2.07. The zero-order valence-electron chi connectivity index (χ0n) is 15.4. The number of imide groups is 1. The number of nitrogens with zero attached hydrogens (tertiary/aromatic N) is 1. The third-order valence-corrected chi connectivity index (χ3v) is 4.82. The van der Waals surface area contributed by atoms with Gasteiger partial charge in [0.05, 0.1) is 13.7 Å². The highest BCUT2D eigenvalue weighted by atomic mass is 16.5. The normalized spacial score (nSPS) is 19.6. The van der Waals surface area contributed by atoms with E-state index in [-0.39, 0.29) is 18.5 Å².